The first-order valence-electron chi connectivity index (χ1n) is 4.71. The Bertz CT molecular complexity index is 418. The molecule has 0 aliphatic carbocycles. The molecule has 0 aromatic carbocycles. The van der Waals surface area contributed by atoms with Gasteiger partial charge in [-0.15, -0.1) is 0 Å². The number of aromatic amines is 1. The van der Waals surface area contributed by atoms with Crippen molar-refractivity contribution in [2.75, 3.05) is 6.54 Å². The molecule has 0 aliphatic heterocycles. The lowest BCUT2D eigenvalue weighted by atomic mass is 10.2. The summed E-state index contributed by atoms with van der Waals surface area (Å²) in [7, 11) is 0. The Morgan fingerprint density at radius 1 is 1.71 bits per heavy atom. The van der Waals surface area contributed by atoms with Crippen LogP contribution in [-0.4, -0.2) is 43.7 Å². The number of aliphatic hydroxyl groups excluding tert-OH is 2. The molecule has 0 aliphatic rings. The third-order valence-corrected chi connectivity index (χ3v) is 1.98. The second kappa shape index (κ2) is 5.37. The van der Waals surface area contributed by atoms with E-state index in [0.717, 1.165) is 6.20 Å². The minimum Gasteiger partial charge on any atom is -0.388 e. The maximum absolute atomic E-state index is 10.6. The number of hydrogen-bond acceptors (Lipinski definition) is 6. The van der Waals surface area contributed by atoms with Crippen molar-refractivity contribution in [1.82, 2.24) is 15.3 Å². The van der Waals surface area contributed by atoms with Crippen LogP contribution in [-0.2, 0) is 4.79 Å². The molecule has 4 N–H and O–H groups in total. The minimum atomic E-state index is -1.43. The van der Waals surface area contributed by atoms with E-state index < -0.39 is 17.1 Å². The highest BCUT2D eigenvalue weighted by Crippen LogP contribution is 2.16. The van der Waals surface area contributed by atoms with Gasteiger partial charge in [-0.1, -0.05) is 0 Å². The van der Waals surface area contributed by atoms with Gasteiger partial charge in [0.1, 0.15) is 12.3 Å². The second-order valence-electron chi connectivity index (χ2n) is 3.36. The fourth-order valence-electron chi connectivity index (χ4n) is 1.11. The number of amides is 1. The standard InChI is InChI=1S/C8H12N4O5/c1-4(13)9-2-5(14)7(15)8-10-3-6(11-8)12(16)17/h3,5,7,14-15H,2H2,1H3,(H,9,13)(H,10,11). The fraction of sp³-hybridized carbons (Fsp3) is 0.500. The van der Waals surface area contributed by atoms with Gasteiger partial charge in [0, 0.05) is 13.5 Å². The van der Waals surface area contributed by atoms with Crippen molar-refractivity contribution in [3.8, 4) is 0 Å². The lowest BCUT2D eigenvalue weighted by molar-refractivity contribution is -0.389. The van der Waals surface area contributed by atoms with Crippen molar-refractivity contribution < 1.29 is 19.9 Å². The minimum absolute atomic E-state index is 0.130. The zero-order chi connectivity index (χ0) is 13.0. The Kier molecular flexibility index (Phi) is 4.12. The number of imidazole rings is 1. The first kappa shape index (κ1) is 13.1. The third kappa shape index (κ3) is 3.50. The van der Waals surface area contributed by atoms with Crippen LogP contribution in [0.3, 0.4) is 0 Å². The predicted octanol–water partition coefficient (Wildman–Crippen LogP) is -1.15. The maximum atomic E-state index is 10.6. The normalized spacial score (nSPS) is 14.1. The van der Waals surface area contributed by atoms with E-state index >= 15 is 0 Å². The summed E-state index contributed by atoms with van der Waals surface area (Å²) in [5, 5.41) is 31.7. The van der Waals surface area contributed by atoms with Gasteiger partial charge < -0.3 is 25.6 Å². The molecule has 0 saturated heterocycles. The summed E-state index contributed by atoms with van der Waals surface area (Å²) >= 11 is 0. The molecule has 0 spiro atoms. The fourth-order valence-corrected chi connectivity index (χ4v) is 1.11. The van der Waals surface area contributed by atoms with Gasteiger partial charge in [0.2, 0.25) is 11.7 Å². The lowest BCUT2D eigenvalue weighted by Gasteiger charge is -2.14. The summed E-state index contributed by atoms with van der Waals surface area (Å²) in [5.74, 6) is -0.873. The van der Waals surface area contributed by atoms with Crippen molar-refractivity contribution >= 4 is 11.7 Å². The smallest absolute Gasteiger partial charge is 0.340 e. The number of carbonyl (C=O) groups excluding carboxylic acids is 1. The number of carbonyl (C=O) groups is 1. The average Bonchev–Trinajstić information content (AvgIpc) is 2.73. The molecule has 0 bridgehead atoms. The first-order valence-corrected chi connectivity index (χ1v) is 4.71. The Morgan fingerprint density at radius 3 is 2.82 bits per heavy atom. The number of nitro groups is 1. The van der Waals surface area contributed by atoms with Gasteiger partial charge in [0.25, 0.3) is 0 Å². The van der Waals surface area contributed by atoms with Crippen molar-refractivity contribution in [3.63, 3.8) is 0 Å². The zero-order valence-corrected chi connectivity index (χ0v) is 8.95. The van der Waals surface area contributed by atoms with Crippen LogP contribution < -0.4 is 5.32 Å². The van der Waals surface area contributed by atoms with E-state index in [0.29, 0.717) is 0 Å². The van der Waals surface area contributed by atoms with E-state index in [1.165, 1.54) is 6.92 Å². The number of aliphatic hydroxyl groups is 2. The average molecular weight is 244 g/mol. The van der Waals surface area contributed by atoms with Crippen molar-refractivity contribution in [2.45, 2.75) is 19.1 Å². The molecule has 0 saturated carbocycles. The number of hydrogen-bond donors (Lipinski definition) is 4. The Hall–Kier alpha value is -2.00. The Morgan fingerprint density at radius 2 is 2.35 bits per heavy atom. The van der Waals surface area contributed by atoms with Crippen LogP contribution in [0, 0.1) is 10.1 Å². The summed E-state index contributed by atoms with van der Waals surface area (Å²) in [6.45, 7) is 1.09. The number of nitrogens with zero attached hydrogens (tertiary/aromatic N) is 2. The summed E-state index contributed by atoms with van der Waals surface area (Å²) in [6.07, 6.45) is -1.80. The summed E-state index contributed by atoms with van der Waals surface area (Å²) in [6, 6.07) is 0. The van der Waals surface area contributed by atoms with Gasteiger partial charge in [-0.05, 0) is 4.92 Å². The molecular formula is C8H12N4O5. The number of nitrogens with one attached hydrogen (secondary N) is 2. The van der Waals surface area contributed by atoms with E-state index in [4.69, 9.17) is 0 Å². The zero-order valence-electron chi connectivity index (χ0n) is 8.95. The van der Waals surface area contributed by atoms with E-state index in [9.17, 15) is 25.1 Å². The second-order valence-corrected chi connectivity index (χ2v) is 3.36. The monoisotopic (exact) mass is 244 g/mol. The molecule has 0 fully saturated rings. The van der Waals surface area contributed by atoms with Crippen LogP contribution in [0.15, 0.2) is 6.20 Å². The van der Waals surface area contributed by atoms with Crippen LogP contribution in [0.2, 0.25) is 0 Å². The summed E-state index contributed by atoms with van der Waals surface area (Å²) < 4.78 is 0. The molecule has 2 unspecified atom stereocenters. The Labute approximate surface area is 95.6 Å². The molecule has 2 atom stereocenters. The van der Waals surface area contributed by atoms with Crippen LogP contribution in [0.25, 0.3) is 0 Å². The van der Waals surface area contributed by atoms with Crippen molar-refractivity contribution in [1.29, 1.82) is 0 Å². The number of aromatic nitrogens is 2. The topological polar surface area (TPSA) is 141 Å². The predicted molar refractivity (Wildman–Crippen MR) is 54.9 cm³/mol. The Balaban J connectivity index is 2.64. The van der Waals surface area contributed by atoms with Crippen LogP contribution >= 0.6 is 0 Å². The molecular weight excluding hydrogens is 232 g/mol. The van der Waals surface area contributed by atoms with Crippen molar-refractivity contribution in [3.05, 3.63) is 22.1 Å². The van der Waals surface area contributed by atoms with Gasteiger partial charge in [-0.3, -0.25) is 4.79 Å². The van der Waals surface area contributed by atoms with Gasteiger partial charge in [0.15, 0.2) is 6.10 Å². The van der Waals surface area contributed by atoms with Crippen LogP contribution in [0.1, 0.15) is 18.9 Å². The third-order valence-electron chi connectivity index (χ3n) is 1.98. The van der Waals surface area contributed by atoms with Crippen molar-refractivity contribution in [2.24, 2.45) is 0 Å². The molecule has 1 amide bonds. The van der Waals surface area contributed by atoms with Crippen LogP contribution in [0.4, 0.5) is 5.82 Å². The van der Waals surface area contributed by atoms with E-state index in [2.05, 4.69) is 15.3 Å². The number of rotatable bonds is 5. The van der Waals surface area contributed by atoms with E-state index in [-0.39, 0.29) is 24.1 Å². The van der Waals surface area contributed by atoms with Crippen LogP contribution in [0.5, 0.6) is 0 Å². The first-order chi connectivity index (χ1) is 7.91. The SMILES string of the molecule is CC(=O)NCC(O)C(O)c1ncc([N+](=O)[O-])[nH]1. The largest absolute Gasteiger partial charge is 0.388 e. The van der Waals surface area contributed by atoms with Gasteiger partial charge >= 0.3 is 5.82 Å². The molecule has 1 rings (SSSR count). The molecule has 1 heterocycles. The quantitative estimate of drug-likeness (QED) is 0.380. The maximum Gasteiger partial charge on any atom is 0.340 e. The molecule has 1 aromatic rings. The van der Waals surface area contributed by atoms with E-state index in [1.807, 2.05) is 0 Å². The van der Waals surface area contributed by atoms with E-state index in [1.54, 1.807) is 0 Å². The highest BCUT2D eigenvalue weighted by molar-refractivity contribution is 5.72. The molecule has 94 valence electrons. The van der Waals surface area contributed by atoms with Gasteiger partial charge in [-0.25, -0.2) is 9.97 Å². The molecule has 9 nitrogen and oxygen atoms in total. The molecule has 9 heteroatoms. The molecule has 17 heavy (non-hydrogen) atoms. The lowest BCUT2D eigenvalue weighted by Crippen LogP contribution is -2.34. The highest BCUT2D eigenvalue weighted by Gasteiger charge is 2.25. The molecule has 1 aromatic heterocycles. The van der Waals surface area contributed by atoms with Gasteiger partial charge in [0.05, 0.1) is 0 Å². The summed E-state index contributed by atoms with van der Waals surface area (Å²) in [5.41, 5.74) is 0. The highest BCUT2D eigenvalue weighted by atomic mass is 16.6. The van der Waals surface area contributed by atoms with Gasteiger partial charge in [-0.2, -0.15) is 0 Å². The molecule has 0 radical (unpaired) electrons. The summed E-state index contributed by atoms with van der Waals surface area (Å²) in [4.78, 5) is 26.0. The number of H-pyrrole nitrogens is 1.